The van der Waals surface area contributed by atoms with Crippen LogP contribution < -0.4 is 4.74 Å². The molecule has 0 bridgehead atoms. The topological polar surface area (TPSA) is 62.7 Å². The van der Waals surface area contributed by atoms with Gasteiger partial charge in [0.05, 0.1) is 12.8 Å². The van der Waals surface area contributed by atoms with Crippen molar-refractivity contribution in [2.75, 3.05) is 13.7 Å². The smallest absolute Gasteiger partial charge is 0.321 e. The summed E-state index contributed by atoms with van der Waals surface area (Å²) < 4.78 is 5.27. The van der Waals surface area contributed by atoms with E-state index in [4.69, 9.17) is 4.74 Å². The van der Waals surface area contributed by atoms with Crippen molar-refractivity contribution < 1.29 is 14.6 Å². The molecule has 1 fully saturated rings. The number of ether oxygens (including phenoxy) is 1. The molecule has 1 N–H and O–H groups in total. The molecule has 21 heavy (non-hydrogen) atoms. The van der Waals surface area contributed by atoms with Crippen LogP contribution in [0.2, 0.25) is 0 Å². The summed E-state index contributed by atoms with van der Waals surface area (Å²) in [6, 6.07) is 3.28. The normalized spacial score (nSPS) is 22.0. The van der Waals surface area contributed by atoms with Crippen LogP contribution in [0.4, 0.5) is 0 Å². The van der Waals surface area contributed by atoms with Gasteiger partial charge in [-0.3, -0.25) is 14.7 Å². The van der Waals surface area contributed by atoms with E-state index >= 15 is 0 Å². The van der Waals surface area contributed by atoms with Gasteiger partial charge in [0.25, 0.3) is 0 Å². The molecule has 1 aliphatic heterocycles. The number of methoxy groups -OCH3 is 1. The molecule has 5 heteroatoms. The first kappa shape index (κ1) is 15.8. The number of piperidine rings is 1. The fourth-order valence-corrected chi connectivity index (χ4v) is 3.27. The summed E-state index contributed by atoms with van der Waals surface area (Å²) in [5, 5.41) is 9.59. The van der Waals surface area contributed by atoms with Gasteiger partial charge in [-0.05, 0) is 31.7 Å². The monoisotopic (exact) mass is 292 g/mol. The third kappa shape index (κ3) is 3.53. The molecule has 0 spiro atoms. The first-order valence-corrected chi connectivity index (χ1v) is 7.32. The lowest BCUT2D eigenvalue weighted by molar-refractivity contribution is -0.151. The fourth-order valence-electron chi connectivity index (χ4n) is 3.27. The zero-order valence-corrected chi connectivity index (χ0v) is 13.2. The van der Waals surface area contributed by atoms with E-state index in [-0.39, 0.29) is 5.41 Å². The summed E-state index contributed by atoms with van der Waals surface area (Å²) in [5.74, 6) is 0.0139. The Morgan fingerprint density at radius 1 is 1.52 bits per heavy atom. The van der Waals surface area contributed by atoms with E-state index in [1.807, 2.05) is 37.8 Å². The number of nitrogens with zero attached hydrogens (tertiary/aromatic N) is 2. The maximum atomic E-state index is 11.7. The number of carboxylic acid groups (broad SMARTS) is 1. The summed E-state index contributed by atoms with van der Waals surface area (Å²) in [6.07, 6.45) is 1.95. The average molecular weight is 292 g/mol. The number of pyridine rings is 1. The van der Waals surface area contributed by atoms with Crippen molar-refractivity contribution in [3.63, 3.8) is 0 Å². The maximum Gasteiger partial charge on any atom is 0.321 e. The lowest BCUT2D eigenvalue weighted by atomic mass is 9.76. The first-order chi connectivity index (χ1) is 9.83. The largest absolute Gasteiger partial charge is 0.497 e. The number of hydrogen-bond donors (Lipinski definition) is 1. The summed E-state index contributed by atoms with van der Waals surface area (Å²) in [5.41, 5.74) is 1.51. The minimum atomic E-state index is -0.751. The molecule has 0 saturated carbocycles. The lowest BCUT2D eigenvalue weighted by Gasteiger charge is -2.43. The zero-order chi connectivity index (χ0) is 15.6. The highest BCUT2D eigenvalue weighted by atomic mass is 16.5. The lowest BCUT2D eigenvalue weighted by Crippen LogP contribution is -2.53. The molecule has 0 radical (unpaired) electrons. The second-order valence-corrected chi connectivity index (χ2v) is 6.44. The van der Waals surface area contributed by atoms with Gasteiger partial charge in [-0.2, -0.15) is 0 Å². The summed E-state index contributed by atoms with van der Waals surface area (Å²) in [6.45, 7) is 7.31. The molecule has 2 heterocycles. The highest BCUT2D eigenvalue weighted by Crippen LogP contribution is 2.36. The number of carboxylic acids is 1. The van der Waals surface area contributed by atoms with Crippen LogP contribution in [-0.2, 0) is 11.3 Å². The van der Waals surface area contributed by atoms with Crippen molar-refractivity contribution in [2.24, 2.45) is 5.41 Å². The number of hydrogen-bond acceptors (Lipinski definition) is 4. The first-order valence-electron chi connectivity index (χ1n) is 7.32. The van der Waals surface area contributed by atoms with Crippen molar-refractivity contribution in [3.05, 3.63) is 23.5 Å². The molecular weight excluding hydrogens is 268 g/mol. The van der Waals surface area contributed by atoms with Gasteiger partial charge < -0.3 is 9.84 Å². The molecule has 116 valence electrons. The number of aryl methyl sites for hydroxylation is 1. The van der Waals surface area contributed by atoms with Crippen molar-refractivity contribution >= 4 is 5.97 Å². The molecule has 0 aliphatic carbocycles. The van der Waals surface area contributed by atoms with E-state index in [9.17, 15) is 9.90 Å². The Labute approximate surface area is 125 Å². The van der Waals surface area contributed by atoms with Gasteiger partial charge in [-0.1, -0.05) is 13.8 Å². The standard InChI is InChI=1S/C16H24N2O3/c1-11-8-13(21-4)9-12(17-11)10-18-7-5-6-16(2,3)14(18)15(19)20/h8-9,14H,5-7,10H2,1-4H3,(H,19,20). The van der Waals surface area contributed by atoms with Gasteiger partial charge in [0, 0.05) is 24.4 Å². The molecule has 2 rings (SSSR count). The van der Waals surface area contributed by atoms with E-state index in [1.165, 1.54) is 0 Å². The highest BCUT2D eigenvalue weighted by Gasteiger charge is 2.42. The van der Waals surface area contributed by atoms with Crippen LogP contribution in [0.5, 0.6) is 5.75 Å². The molecule has 1 aromatic heterocycles. The van der Waals surface area contributed by atoms with E-state index < -0.39 is 12.0 Å². The molecule has 1 saturated heterocycles. The number of rotatable bonds is 4. The van der Waals surface area contributed by atoms with Crippen LogP contribution in [0.1, 0.15) is 38.1 Å². The van der Waals surface area contributed by atoms with Crippen LogP contribution in [0.25, 0.3) is 0 Å². The summed E-state index contributed by atoms with van der Waals surface area (Å²) >= 11 is 0. The molecule has 5 nitrogen and oxygen atoms in total. The van der Waals surface area contributed by atoms with E-state index in [0.29, 0.717) is 6.54 Å². The van der Waals surface area contributed by atoms with Crippen LogP contribution in [0.3, 0.4) is 0 Å². The van der Waals surface area contributed by atoms with Gasteiger partial charge in [0.15, 0.2) is 0 Å². The molecule has 0 aromatic carbocycles. The SMILES string of the molecule is COc1cc(C)nc(CN2CCCC(C)(C)C2C(=O)O)c1. The van der Waals surface area contributed by atoms with E-state index in [1.54, 1.807) is 7.11 Å². The number of aromatic nitrogens is 1. The Hall–Kier alpha value is -1.62. The van der Waals surface area contributed by atoms with Crippen LogP contribution >= 0.6 is 0 Å². The van der Waals surface area contributed by atoms with Crippen LogP contribution in [0, 0.1) is 12.3 Å². The van der Waals surface area contributed by atoms with Gasteiger partial charge in [-0.15, -0.1) is 0 Å². The third-order valence-electron chi connectivity index (χ3n) is 4.19. The molecular formula is C16H24N2O3. The third-order valence-corrected chi connectivity index (χ3v) is 4.19. The fraction of sp³-hybridized carbons (Fsp3) is 0.625. The Bertz CT molecular complexity index is 528. The Morgan fingerprint density at radius 3 is 2.86 bits per heavy atom. The molecule has 0 amide bonds. The quantitative estimate of drug-likeness (QED) is 0.923. The molecule has 1 aromatic rings. The van der Waals surface area contributed by atoms with Crippen LogP contribution in [0.15, 0.2) is 12.1 Å². The van der Waals surface area contributed by atoms with Crippen LogP contribution in [-0.4, -0.2) is 40.7 Å². The summed E-state index contributed by atoms with van der Waals surface area (Å²) in [4.78, 5) is 18.2. The van der Waals surface area contributed by atoms with Crippen molar-refractivity contribution in [2.45, 2.75) is 46.2 Å². The maximum absolute atomic E-state index is 11.7. The number of likely N-dealkylation sites (tertiary alicyclic amines) is 1. The van der Waals surface area contributed by atoms with E-state index in [2.05, 4.69) is 4.98 Å². The predicted octanol–water partition coefficient (Wildman–Crippen LogP) is 2.47. The highest BCUT2D eigenvalue weighted by molar-refractivity contribution is 5.74. The van der Waals surface area contributed by atoms with Crippen molar-refractivity contribution in [1.29, 1.82) is 0 Å². The number of aliphatic carboxylic acids is 1. The van der Waals surface area contributed by atoms with Crippen molar-refractivity contribution in [3.8, 4) is 5.75 Å². The Kier molecular flexibility index (Phi) is 4.52. The van der Waals surface area contributed by atoms with Gasteiger partial charge in [-0.25, -0.2) is 0 Å². The molecule has 1 atom stereocenters. The Morgan fingerprint density at radius 2 is 2.24 bits per heavy atom. The minimum Gasteiger partial charge on any atom is -0.497 e. The van der Waals surface area contributed by atoms with Crippen molar-refractivity contribution in [1.82, 2.24) is 9.88 Å². The van der Waals surface area contributed by atoms with Gasteiger partial charge in [0.1, 0.15) is 11.8 Å². The second-order valence-electron chi connectivity index (χ2n) is 6.44. The van der Waals surface area contributed by atoms with Gasteiger partial charge in [0.2, 0.25) is 0 Å². The predicted molar refractivity (Wildman–Crippen MR) is 80.4 cm³/mol. The van der Waals surface area contributed by atoms with Gasteiger partial charge >= 0.3 is 5.97 Å². The Balaban J connectivity index is 2.24. The average Bonchev–Trinajstić information content (AvgIpc) is 2.36. The summed E-state index contributed by atoms with van der Waals surface area (Å²) in [7, 11) is 1.63. The molecule has 1 unspecified atom stereocenters. The number of carbonyl (C=O) groups is 1. The minimum absolute atomic E-state index is 0.224. The van der Waals surface area contributed by atoms with E-state index in [0.717, 1.165) is 36.5 Å². The zero-order valence-electron chi connectivity index (χ0n) is 13.2. The molecule has 1 aliphatic rings. The second kappa shape index (κ2) is 6.02.